The van der Waals surface area contributed by atoms with Crippen molar-refractivity contribution in [3.63, 3.8) is 0 Å². The van der Waals surface area contributed by atoms with Crippen LogP contribution in [0.2, 0.25) is 0 Å². The number of hydrogen-bond donors (Lipinski definition) is 4. The zero-order chi connectivity index (χ0) is 14.5. The zero-order valence-electron chi connectivity index (χ0n) is 11.5. The van der Waals surface area contributed by atoms with Crippen molar-refractivity contribution in [1.82, 2.24) is 16.0 Å². The Morgan fingerprint density at radius 3 is 2.21 bits per heavy atom. The Morgan fingerprint density at radius 1 is 1.05 bits per heavy atom. The van der Waals surface area contributed by atoms with Crippen LogP contribution in [0, 0.1) is 0 Å². The number of rotatable bonds is 10. The number of alkyl carbamates (subject to hydrolysis) is 1. The van der Waals surface area contributed by atoms with Gasteiger partial charge in [-0.15, -0.1) is 0 Å². The summed E-state index contributed by atoms with van der Waals surface area (Å²) < 4.78 is 9.42. The molecule has 0 aromatic heterocycles. The van der Waals surface area contributed by atoms with Gasteiger partial charge in [0.1, 0.15) is 0 Å². The van der Waals surface area contributed by atoms with Gasteiger partial charge in [-0.25, -0.2) is 4.79 Å². The SMILES string of the molecule is CC(=O)O[C@H](C)OC(=O)NCCNCCNCCN. The quantitative estimate of drug-likeness (QED) is 0.224. The van der Waals surface area contributed by atoms with E-state index in [1.807, 2.05) is 0 Å². The number of nitrogens with one attached hydrogen (secondary N) is 3. The number of nitrogens with two attached hydrogens (primary N) is 1. The summed E-state index contributed by atoms with van der Waals surface area (Å²) in [7, 11) is 0. The van der Waals surface area contributed by atoms with Gasteiger partial charge in [0.2, 0.25) is 6.29 Å². The monoisotopic (exact) mass is 276 g/mol. The van der Waals surface area contributed by atoms with E-state index in [0.717, 1.165) is 19.6 Å². The van der Waals surface area contributed by atoms with Gasteiger partial charge in [-0.2, -0.15) is 0 Å². The lowest BCUT2D eigenvalue weighted by Gasteiger charge is -2.13. The predicted molar refractivity (Wildman–Crippen MR) is 70.5 cm³/mol. The summed E-state index contributed by atoms with van der Waals surface area (Å²) in [5.41, 5.74) is 5.32. The van der Waals surface area contributed by atoms with E-state index >= 15 is 0 Å². The molecule has 0 fully saturated rings. The average Bonchev–Trinajstić information content (AvgIpc) is 2.31. The number of esters is 1. The van der Waals surface area contributed by atoms with E-state index in [-0.39, 0.29) is 0 Å². The molecule has 8 heteroatoms. The van der Waals surface area contributed by atoms with E-state index in [9.17, 15) is 9.59 Å². The third kappa shape index (κ3) is 12.9. The fraction of sp³-hybridized carbons (Fsp3) is 0.818. The van der Waals surface area contributed by atoms with Crippen molar-refractivity contribution < 1.29 is 19.1 Å². The summed E-state index contributed by atoms with van der Waals surface area (Å²) in [6.07, 6.45) is -1.50. The van der Waals surface area contributed by atoms with Crippen LogP contribution in [-0.4, -0.2) is 57.6 Å². The number of carbonyl (C=O) groups excluding carboxylic acids is 2. The first kappa shape index (κ1) is 17.6. The largest absolute Gasteiger partial charge is 0.426 e. The first-order valence-corrected chi connectivity index (χ1v) is 6.29. The van der Waals surface area contributed by atoms with Gasteiger partial charge < -0.3 is 31.2 Å². The van der Waals surface area contributed by atoms with Gasteiger partial charge in [0.25, 0.3) is 0 Å². The molecule has 8 nitrogen and oxygen atoms in total. The number of ether oxygens (including phenoxy) is 2. The van der Waals surface area contributed by atoms with E-state index in [0.29, 0.717) is 19.6 Å². The van der Waals surface area contributed by atoms with Crippen LogP contribution in [0.5, 0.6) is 0 Å². The third-order valence-corrected chi connectivity index (χ3v) is 1.98. The van der Waals surface area contributed by atoms with Gasteiger partial charge in [0.05, 0.1) is 0 Å². The van der Waals surface area contributed by atoms with Gasteiger partial charge in [0, 0.05) is 53.1 Å². The van der Waals surface area contributed by atoms with E-state index in [1.54, 1.807) is 0 Å². The lowest BCUT2D eigenvalue weighted by atomic mass is 10.5. The van der Waals surface area contributed by atoms with Crippen LogP contribution in [0.4, 0.5) is 4.79 Å². The van der Waals surface area contributed by atoms with Crippen molar-refractivity contribution in [2.45, 2.75) is 20.1 Å². The first-order chi connectivity index (χ1) is 9.06. The van der Waals surface area contributed by atoms with Crippen molar-refractivity contribution in [3.05, 3.63) is 0 Å². The number of hydrogen-bond acceptors (Lipinski definition) is 7. The first-order valence-electron chi connectivity index (χ1n) is 6.29. The second-order valence-electron chi connectivity index (χ2n) is 3.80. The molecule has 19 heavy (non-hydrogen) atoms. The van der Waals surface area contributed by atoms with Crippen molar-refractivity contribution >= 4 is 12.1 Å². The molecule has 0 aromatic rings. The highest BCUT2D eigenvalue weighted by Crippen LogP contribution is 1.93. The maximum atomic E-state index is 11.2. The van der Waals surface area contributed by atoms with Crippen LogP contribution in [0.25, 0.3) is 0 Å². The lowest BCUT2D eigenvalue weighted by molar-refractivity contribution is -0.162. The molecular formula is C11H24N4O4. The Hall–Kier alpha value is -1.38. The zero-order valence-corrected chi connectivity index (χ0v) is 11.5. The molecular weight excluding hydrogens is 252 g/mol. The van der Waals surface area contributed by atoms with E-state index < -0.39 is 18.4 Å². The molecule has 0 radical (unpaired) electrons. The van der Waals surface area contributed by atoms with Crippen LogP contribution < -0.4 is 21.7 Å². The van der Waals surface area contributed by atoms with Gasteiger partial charge in [0.15, 0.2) is 0 Å². The van der Waals surface area contributed by atoms with Crippen molar-refractivity contribution in [2.24, 2.45) is 5.73 Å². The van der Waals surface area contributed by atoms with Crippen LogP contribution in [0.15, 0.2) is 0 Å². The highest BCUT2D eigenvalue weighted by Gasteiger charge is 2.10. The molecule has 0 aliphatic rings. The van der Waals surface area contributed by atoms with Gasteiger partial charge >= 0.3 is 12.1 Å². The minimum Gasteiger partial charge on any atom is -0.426 e. The molecule has 0 saturated heterocycles. The minimum absolute atomic E-state index is 0.433. The minimum atomic E-state index is -0.883. The summed E-state index contributed by atoms with van der Waals surface area (Å²) in [4.78, 5) is 21.8. The molecule has 0 saturated carbocycles. The van der Waals surface area contributed by atoms with Crippen LogP contribution in [-0.2, 0) is 14.3 Å². The maximum Gasteiger partial charge on any atom is 0.410 e. The molecule has 0 spiro atoms. The Balaban J connectivity index is 3.36. The molecule has 1 atom stereocenters. The Morgan fingerprint density at radius 2 is 1.63 bits per heavy atom. The Labute approximate surface area is 113 Å². The Kier molecular flexibility index (Phi) is 10.8. The molecule has 112 valence electrons. The summed E-state index contributed by atoms with van der Waals surface area (Å²) in [5.74, 6) is -0.494. The topological polar surface area (TPSA) is 115 Å². The lowest BCUT2D eigenvalue weighted by Crippen LogP contribution is -2.37. The summed E-state index contributed by atoms with van der Waals surface area (Å²) >= 11 is 0. The predicted octanol–water partition coefficient (Wildman–Crippen LogP) is -1.24. The highest BCUT2D eigenvalue weighted by atomic mass is 16.7. The molecule has 0 aromatic carbocycles. The summed E-state index contributed by atoms with van der Waals surface area (Å²) in [6, 6.07) is 0. The number of carbonyl (C=O) groups is 2. The van der Waals surface area contributed by atoms with E-state index in [1.165, 1.54) is 13.8 Å². The molecule has 0 aliphatic carbocycles. The summed E-state index contributed by atoms with van der Waals surface area (Å²) in [5, 5.41) is 8.79. The van der Waals surface area contributed by atoms with Crippen LogP contribution in [0.1, 0.15) is 13.8 Å². The van der Waals surface area contributed by atoms with E-state index in [2.05, 4.69) is 20.7 Å². The van der Waals surface area contributed by atoms with Crippen molar-refractivity contribution in [1.29, 1.82) is 0 Å². The average molecular weight is 276 g/mol. The molecule has 1 amide bonds. The summed E-state index contributed by atoms with van der Waals surface area (Å²) in [6.45, 7) is 6.81. The van der Waals surface area contributed by atoms with Crippen LogP contribution in [0.3, 0.4) is 0 Å². The fourth-order valence-electron chi connectivity index (χ4n) is 1.23. The maximum absolute atomic E-state index is 11.2. The van der Waals surface area contributed by atoms with Crippen molar-refractivity contribution in [2.75, 3.05) is 39.3 Å². The molecule has 0 heterocycles. The molecule has 0 bridgehead atoms. The Bertz CT molecular complexity index is 263. The van der Waals surface area contributed by atoms with Crippen molar-refractivity contribution in [3.8, 4) is 0 Å². The van der Waals surface area contributed by atoms with Gasteiger partial charge in [-0.3, -0.25) is 4.79 Å². The standard InChI is InChI=1S/C11H24N4O4/c1-9(16)18-10(2)19-11(17)15-8-7-14-6-5-13-4-3-12/h10,13-14H,3-8,12H2,1-2H3,(H,15,17)/t10-/m0/s1. The second-order valence-corrected chi connectivity index (χ2v) is 3.80. The molecule has 0 unspecified atom stereocenters. The van der Waals surface area contributed by atoms with E-state index in [4.69, 9.17) is 10.5 Å². The number of amides is 1. The fourth-order valence-corrected chi connectivity index (χ4v) is 1.23. The second kappa shape index (κ2) is 11.7. The van der Waals surface area contributed by atoms with Crippen LogP contribution >= 0.6 is 0 Å². The van der Waals surface area contributed by atoms with Gasteiger partial charge in [-0.1, -0.05) is 0 Å². The third-order valence-electron chi connectivity index (χ3n) is 1.98. The smallest absolute Gasteiger partial charge is 0.410 e. The highest BCUT2D eigenvalue weighted by molar-refractivity contribution is 5.68. The normalized spacial score (nSPS) is 11.7. The molecule has 5 N–H and O–H groups in total. The molecule has 0 rings (SSSR count). The molecule has 0 aliphatic heterocycles. The van der Waals surface area contributed by atoms with Gasteiger partial charge in [-0.05, 0) is 0 Å².